The number of rotatable bonds is 11. The average Bonchev–Trinajstić information content (AvgIpc) is 3.88. The number of nitrogens with one attached hydrogen (secondary N) is 2. The molecule has 5 aromatic rings. The fraction of sp³-hybridized carbons (Fsp3) is 0.465. The maximum Gasteiger partial charge on any atom is 0.274 e. The number of likely N-dealkylation sites (tertiary alicyclic amines) is 1. The van der Waals surface area contributed by atoms with Crippen LogP contribution in [0.3, 0.4) is 0 Å². The average molecular weight is 714 g/mol. The molecule has 3 aromatic heterocycles. The number of ether oxygens (including phenoxy) is 1. The van der Waals surface area contributed by atoms with Crippen molar-refractivity contribution in [2.75, 3.05) is 44.2 Å². The summed E-state index contributed by atoms with van der Waals surface area (Å²) in [4.78, 5) is 31.7. The van der Waals surface area contributed by atoms with Crippen LogP contribution in [0.1, 0.15) is 69.5 Å². The van der Waals surface area contributed by atoms with Crippen molar-refractivity contribution in [3.63, 3.8) is 0 Å². The van der Waals surface area contributed by atoms with Gasteiger partial charge >= 0.3 is 0 Å². The third-order valence-corrected chi connectivity index (χ3v) is 12.2. The lowest BCUT2D eigenvalue weighted by Crippen LogP contribution is -2.55. The maximum atomic E-state index is 12.9. The Bertz CT molecular complexity index is 2190. The molecule has 10 nitrogen and oxygen atoms in total. The van der Waals surface area contributed by atoms with Crippen LogP contribution >= 0.6 is 0 Å². The molecular formula is C43H51N7O3. The van der Waals surface area contributed by atoms with Gasteiger partial charge in [0, 0.05) is 79.5 Å². The monoisotopic (exact) mass is 713 g/mol. The van der Waals surface area contributed by atoms with E-state index in [-0.39, 0.29) is 29.7 Å². The topological polar surface area (TPSA) is 112 Å². The molecule has 3 fully saturated rings. The van der Waals surface area contributed by atoms with Crippen LogP contribution < -0.4 is 15.8 Å². The van der Waals surface area contributed by atoms with Gasteiger partial charge in [0.15, 0.2) is 0 Å². The molecule has 2 saturated heterocycles. The fourth-order valence-electron chi connectivity index (χ4n) is 8.61. The van der Waals surface area contributed by atoms with Crippen molar-refractivity contribution in [3.8, 4) is 23.5 Å². The lowest BCUT2D eigenvalue weighted by Gasteiger charge is -2.45. The Morgan fingerprint density at radius 1 is 1.06 bits per heavy atom. The highest BCUT2D eigenvalue weighted by Gasteiger charge is 2.47. The minimum Gasteiger partial charge on any atom is -0.393 e. The Balaban J connectivity index is 1.18. The molecule has 1 aliphatic carbocycles. The highest BCUT2D eigenvalue weighted by Crippen LogP contribution is 2.47. The molecule has 53 heavy (non-hydrogen) atoms. The number of terminal acetylenes is 1. The lowest BCUT2D eigenvalue weighted by atomic mass is 9.79. The zero-order chi connectivity index (χ0) is 36.7. The summed E-state index contributed by atoms with van der Waals surface area (Å²) < 4.78 is 8.61. The Labute approximate surface area is 311 Å². The van der Waals surface area contributed by atoms with E-state index in [1.54, 1.807) is 11.6 Å². The number of piperidine rings is 2. The van der Waals surface area contributed by atoms with E-state index < -0.39 is 5.60 Å². The first kappa shape index (κ1) is 35.5. The third-order valence-electron chi connectivity index (χ3n) is 12.2. The molecule has 0 spiro atoms. The number of pyridine rings is 1. The van der Waals surface area contributed by atoms with Crippen molar-refractivity contribution in [2.45, 2.75) is 81.6 Å². The Kier molecular flexibility index (Phi) is 9.62. The largest absolute Gasteiger partial charge is 0.393 e. The number of aromatic nitrogens is 4. The van der Waals surface area contributed by atoms with E-state index in [1.807, 2.05) is 36.7 Å². The molecule has 3 N–H and O–H groups in total. The van der Waals surface area contributed by atoms with Crippen molar-refractivity contribution in [1.29, 1.82) is 0 Å². The molecule has 1 saturated carbocycles. The van der Waals surface area contributed by atoms with E-state index in [0.29, 0.717) is 29.7 Å². The normalized spacial score (nSPS) is 20.0. The molecule has 0 bridgehead atoms. The summed E-state index contributed by atoms with van der Waals surface area (Å²) in [7, 11) is 1.78. The van der Waals surface area contributed by atoms with E-state index in [2.05, 4.69) is 70.2 Å². The summed E-state index contributed by atoms with van der Waals surface area (Å²) >= 11 is 0. The van der Waals surface area contributed by atoms with Gasteiger partial charge in [0.05, 0.1) is 30.5 Å². The number of aromatic amines is 1. The minimum atomic E-state index is -1.11. The van der Waals surface area contributed by atoms with Crippen LogP contribution in [0.15, 0.2) is 71.8 Å². The maximum absolute atomic E-state index is 12.9. The zero-order valence-corrected chi connectivity index (χ0v) is 31.1. The van der Waals surface area contributed by atoms with E-state index in [4.69, 9.17) is 21.1 Å². The van der Waals surface area contributed by atoms with Crippen LogP contribution in [0.2, 0.25) is 0 Å². The number of aliphatic hydroxyl groups is 1. The summed E-state index contributed by atoms with van der Waals surface area (Å²) in [5, 5.41) is 16.8. The Hall–Kier alpha value is -4.53. The van der Waals surface area contributed by atoms with E-state index in [0.717, 1.165) is 97.7 Å². The van der Waals surface area contributed by atoms with Crippen LogP contribution in [0.25, 0.3) is 32.9 Å². The quantitative estimate of drug-likeness (QED) is 0.150. The molecular weight excluding hydrogens is 663 g/mol. The van der Waals surface area contributed by atoms with Gasteiger partial charge in [-0.1, -0.05) is 49.2 Å². The van der Waals surface area contributed by atoms with Crippen molar-refractivity contribution < 1.29 is 9.84 Å². The van der Waals surface area contributed by atoms with Gasteiger partial charge in [0.1, 0.15) is 11.1 Å². The highest BCUT2D eigenvalue weighted by atomic mass is 16.5. The van der Waals surface area contributed by atoms with Crippen LogP contribution in [0.5, 0.6) is 0 Å². The minimum absolute atomic E-state index is 0.0528. The summed E-state index contributed by atoms with van der Waals surface area (Å²) in [6.45, 7) is 8.65. The van der Waals surface area contributed by atoms with Gasteiger partial charge in [-0.25, -0.2) is 9.97 Å². The SMILES string of the molecule is C#CCNC1(C)CCN(C2CCN(c3nc([C@](CO)(OC4CC4)C(C)c4ccccc4)c4cc(-c5cn(C)c(=O)c6[nH]ccc56)ccc4n3)CC2)CC1. The first-order valence-electron chi connectivity index (χ1n) is 19.2. The standard InChI is InChI=1S/C43H51N7O3/c1-5-20-45-42(3)18-24-49(25-19-42)32-16-22-50(23-17-32)41-46-37-14-11-31(36-27-48(4)40(52)38-34(36)15-21-44-38)26-35(37)39(47-41)43(28-51,53-33-12-13-33)29(2)30-9-7-6-8-10-30/h1,6-11,14-15,21,26-27,29,32-33,44-45,51H,12-13,16-20,22-25,28H2,2-4H3/t29?,43-/m1/s1. The highest BCUT2D eigenvalue weighted by molar-refractivity contribution is 5.97. The molecule has 10 heteroatoms. The van der Waals surface area contributed by atoms with Crippen LogP contribution in [-0.2, 0) is 17.4 Å². The molecule has 1 unspecified atom stereocenters. The first-order chi connectivity index (χ1) is 25.7. The number of fused-ring (bicyclic) bond motifs is 2. The lowest BCUT2D eigenvalue weighted by molar-refractivity contribution is -0.112. The molecule has 5 heterocycles. The van der Waals surface area contributed by atoms with E-state index in [9.17, 15) is 9.90 Å². The second-order valence-electron chi connectivity index (χ2n) is 15.7. The van der Waals surface area contributed by atoms with Crippen molar-refractivity contribution in [1.82, 2.24) is 29.7 Å². The van der Waals surface area contributed by atoms with Crippen molar-refractivity contribution >= 4 is 27.8 Å². The van der Waals surface area contributed by atoms with Crippen LogP contribution in [-0.4, -0.2) is 86.5 Å². The van der Waals surface area contributed by atoms with Gasteiger partial charge in [-0.3, -0.25) is 4.79 Å². The van der Waals surface area contributed by atoms with Crippen LogP contribution in [0, 0.1) is 12.3 Å². The van der Waals surface area contributed by atoms with Crippen LogP contribution in [0.4, 0.5) is 5.95 Å². The van der Waals surface area contributed by atoms with Gasteiger partial charge in [-0.2, -0.15) is 0 Å². The molecule has 2 aliphatic heterocycles. The van der Waals surface area contributed by atoms with E-state index >= 15 is 0 Å². The predicted molar refractivity (Wildman–Crippen MR) is 211 cm³/mol. The molecule has 0 radical (unpaired) electrons. The summed E-state index contributed by atoms with van der Waals surface area (Å²) in [5.74, 6) is 3.20. The zero-order valence-electron chi connectivity index (χ0n) is 31.1. The molecule has 3 aliphatic rings. The Morgan fingerprint density at radius 3 is 2.51 bits per heavy atom. The smallest absolute Gasteiger partial charge is 0.274 e. The summed E-state index contributed by atoms with van der Waals surface area (Å²) in [5.41, 5.74) is 3.94. The second kappa shape index (κ2) is 14.4. The van der Waals surface area contributed by atoms with Gasteiger partial charge in [0.25, 0.3) is 5.56 Å². The van der Waals surface area contributed by atoms with Crippen molar-refractivity contribution in [2.24, 2.45) is 7.05 Å². The summed E-state index contributed by atoms with van der Waals surface area (Å²) in [6, 6.07) is 19.0. The summed E-state index contributed by atoms with van der Waals surface area (Å²) in [6.07, 6.45) is 15.4. The van der Waals surface area contributed by atoms with Gasteiger partial charge < -0.3 is 34.5 Å². The number of hydrogen-bond donors (Lipinski definition) is 3. The molecule has 276 valence electrons. The Morgan fingerprint density at radius 2 is 1.81 bits per heavy atom. The number of aliphatic hydroxyl groups excluding tert-OH is 1. The number of nitrogens with zero attached hydrogens (tertiary/aromatic N) is 5. The number of aryl methyl sites for hydroxylation is 1. The van der Waals surface area contributed by atoms with Crippen molar-refractivity contribution in [3.05, 3.63) is 88.6 Å². The molecule has 2 atom stereocenters. The van der Waals surface area contributed by atoms with Gasteiger partial charge in [-0.05, 0) is 74.8 Å². The number of benzene rings is 2. The first-order valence-corrected chi connectivity index (χ1v) is 19.2. The fourth-order valence-corrected chi connectivity index (χ4v) is 8.61. The number of anilines is 1. The van der Waals surface area contributed by atoms with Gasteiger partial charge in [0.2, 0.25) is 5.95 Å². The second-order valence-corrected chi connectivity index (χ2v) is 15.7. The third kappa shape index (κ3) is 6.76. The molecule has 0 amide bonds. The van der Waals surface area contributed by atoms with E-state index in [1.165, 1.54) is 0 Å². The number of hydrogen-bond acceptors (Lipinski definition) is 8. The molecule has 8 rings (SSSR count). The van der Waals surface area contributed by atoms with Gasteiger partial charge in [-0.15, -0.1) is 6.42 Å². The molecule has 2 aromatic carbocycles. The number of H-pyrrole nitrogens is 1. The predicted octanol–water partition coefficient (Wildman–Crippen LogP) is 5.69.